The quantitative estimate of drug-likeness (QED) is 0.656. The fourth-order valence-corrected chi connectivity index (χ4v) is 4.90. The lowest BCUT2D eigenvalue weighted by molar-refractivity contribution is 0.0133. The Morgan fingerprint density at radius 2 is 2.03 bits per heavy atom. The Hall–Kier alpha value is -2.93. The van der Waals surface area contributed by atoms with Gasteiger partial charge in [0.05, 0.1) is 30.6 Å². The predicted molar refractivity (Wildman–Crippen MR) is 116 cm³/mol. The van der Waals surface area contributed by atoms with Gasteiger partial charge in [-0.1, -0.05) is 18.2 Å². The smallest absolute Gasteiger partial charge is 0.275 e. The summed E-state index contributed by atoms with van der Waals surface area (Å²) in [5, 5.41) is 5.47. The van der Waals surface area contributed by atoms with E-state index >= 15 is 0 Å². The molecular formula is C23H27N5O2. The Kier molecular flexibility index (Phi) is 4.90. The normalized spacial score (nSPS) is 22.4. The van der Waals surface area contributed by atoms with Crippen molar-refractivity contribution in [1.29, 1.82) is 0 Å². The second-order valence-electron chi connectivity index (χ2n) is 8.50. The van der Waals surface area contributed by atoms with E-state index in [1.165, 1.54) is 0 Å². The highest BCUT2D eigenvalue weighted by atomic mass is 16.5. The highest BCUT2D eigenvalue weighted by Gasteiger charge is 2.41. The molecule has 3 aromatic rings. The van der Waals surface area contributed by atoms with E-state index in [1.54, 1.807) is 10.9 Å². The van der Waals surface area contributed by atoms with Gasteiger partial charge >= 0.3 is 0 Å². The SMILES string of the molecule is Cn1nc(C(=O)N2CCCC3(COCCN(c4cccnc4)C3)C2)c2ccccc21. The molecule has 156 valence electrons. The van der Waals surface area contributed by atoms with Gasteiger partial charge in [-0.3, -0.25) is 14.5 Å². The third-order valence-corrected chi connectivity index (χ3v) is 6.36. The topological polar surface area (TPSA) is 63.5 Å². The Morgan fingerprint density at radius 3 is 2.90 bits per heavy atom. The van der Waals surface area contributed by atoms with Gasteiger partial charge in [-0.05, 0) is 31.0 Å². The first-order valence-electron chi connectivity index (χ1n) is 10.6. The molecule has 2 aromatic heterocycles. The number of benzene rings is 1. The van der Waals surface area contributed by atoms with E-state index in [1.807, 2.05) is 48.5 Å². The van der Waals surface area contributed by atoms with Gasteiger partial charge in [0.25, 0.3) is 5.91 Å². The standard InChI is InChI=1S/C23H27N5O2/c1-26-20-8-3-2-7-19(20)21(25-26)22(29)28-11-5-9-23(16-28)15-27(12-13-30-17-23)18-6-4-10-24-14-18/h2-4,6-8,10,14H,5,9,11-13,15-17H2,1H3. The zero-order chi connectivity index (χ0) is 20.6. The summed E-state index contributed by atoms with van der Waals surface area (Å²) in [6, 6.07) is 12.0. The van der Waals surface area contributed by atoms with Crippen molar-refractivity contribution in [2.75, 3.05) is 44.3 Å². The Balaban J connectivity index is 1.41. The van der Waals surface area contributed by atoms with E-state index in [-0.39, 0.29) is 11.3 Å². The van der Waals surface area contributed by atoms with Gasteiger partial charge in [-0.15, -0.1) is 0 Å². The van der Waals surface area contributed by atoms with Crippen LogP contribution in [0.1, 0.15) is 23.3 Å². The van der Waals surface area contributed by atoms with Crippen LogP contribution in [0.15, 0.2) is 48.8 Å². The highest BCUT2D eigenvalue weighted by molar-refractivity contribution is 6.04. The molecular weight excluding hydrogens is 378 g/mol. The number of para-hydroxylation sites is 1. The third-order valence-electron chi connectivity index (χ3n) is 6.36. The molecule has 0 N–H and O–H groups in total. The zero-order valence-corrected chi connectivity index (χ0v) is 17.3. The van der Waals surface area contributed by atoms with Gasteiger partial charge in [0.1, 0.15) is 0 Å². The number of carbonyl (C=O) groups excluding carboxylic acids is 1. The minimum Gasteiger partial charge on any atom is -0.379 e. The number of hydrogen-bond acceptors (Lipinski definition) is 5. The lowest BCUT2D eigenvalue weighted by atomic mass is 9.80. The minimum atomic E-state index is -0.0785. The molecule has 2 saturated heterocycles. The number of pyridine rings is 1. The lowest BCUT2D eigenvalue weighted by Crippen LogP contribution is -2.52. The first-order chi connectivity index (χ1) is 14.7. The number of anilines is 1. The fraction of sp³-hybridized carbons (Fsp3) is 0.435. The number of amides is 1. The molecule has 7 nitrogen and oxygen atoms in total. The zero-order valence-electron chi connectivity index (χ0n) is 17.3. The van der Waals surface area contributed by atoms with E-state index in [0.717, 1.165) is 49.1 Å². The molecule has 0 radical (unpaired) electrons. The largest absolute Gasteiger partial charge is 0.379 e. The molecule has 4 heterocycles. The summed E-state index contributed by atoms with van der Waals surface area (Å²) in [6.07, 6.45) is 5.73. The molecule has 2 fully saturated rings. The van der Waals surface area contributed by atoms with Crippen LogP contribution in [-0.4, -0.2) is 65.0 Å². The molecule has 1 amide bonds. The fourth-order valence-electron chi connectivity index (χ4n) is 4.90. The van der Waals surface area contributed by atoms with Gasteiger partial charge in [0.15, 0.2) is 5.69 Å². The number of nitrogens with zero attached hydrogens (tertiary/aromatic N) is 5. The summed E-state index contributed by atoms with van der Waals surface area (Å²) in [6.45, 7) is 4.52. The summed E-state index contributed by atoms with van der Waals surface area (Å²) in [5.74, 6) is 0.0167. The monoisotopic (exact) mass is 405 g/mol. The van der Waals surface area contributed by atoms with Crippen molar-refractivity contribution >= 4 is 22.5 Å². The van der Waals surface area contributed by atoms with Gasteiger partial charge in [0, 0.05) is 50.2 Å². The van der Waals surface area contributed by atoms with Crippen molar-refractivity contribution in [2.24, 2.45) is 12.5 Å². The van der Waals surface area contributed by atoms with Crippen LogP contribution in [0.5, 0.6) is 0 Å². The van der Waals surface area contributed by atoms with Crippen LogP contribution < -0.4 is 4.90 Å². The van der Waals surface area contributed by atoms with Crippen LogP contribution in [0.2, 0.25) is 0 Å². The number of rotatable bonds is 2. The molecule has 0 saturated carbocycles. The van der Waals surface area contributed by atoms with Crippen molar-refractivity contribution in [3.63, 3.8) is 0 Å². The van der Waals surface area contributed by atoms with Crippen molar-refractivity contribution in [1.82, 2.24) is 19.7 Å². The molecule has 30 heavy (non-hydrogen) atoms. The van der Waals surface area contributed by atoms with Crippen molar-refractivity contribution in [2.45, 2.75) is 12.8 Å². The van der Waals surface area contributed by atoms with Gasteiger partial charge in [-0.2, -0.15) is 5.10 Å². The molecule has 1 aromatic carbocycles. The summed E-state index contributed by atoms with van der Waals surface area (Å²) in [4.78, 5) is 22.1. The van der Waals surface area contributed by atoms with E-state index in [4.69, 9.17) is 4.74 Å². The van der Waals surface area contributed by atoms with E-state index in [2.05, 4.69) is 21.0 Å². The molecule has 0 aliphatic carbocycles. The van der Waals surface area contributed by atoms with E-state index < -0.39 is 0 Å². The Bertz CT molecular complexity index is 1050. The summed E-state index contributed by atoms with van der Waals surface area (Å²) >= 11 is 0. The predicted octanol–water partition coefficient (Wildman–Crippen LogP) is 2.73. The minimum absolute atomic E-state index is 0.0167. The number of ether oxygens (including phenoxy) is 1. The molecule has 1 unspecified atom stereocenters. The van der Waals surface area contributed by atoms with Crippen molar-refractivity contribution in [3.8, 4) is 0 Å². The number of piperidine rings is 1. The molecule has 5 rings (SSSR count). The summed E-state index contributed by atoms with van der Waals surface area (Å²) in [5.41, 5.74) is 2.56. The maximum absolute atomic E-state index is 13.5. The maximum atomic E-state index is 13.5. The molecule has 1 atom stereocenters. The van der Waals surface area contributed by atoms with Gasteiger partial charge < -0.3 is 14.5 Å². The average Bonchev–Trinajstić information content (AvgIpc) is 2.99. The molecule has 2 aliphatic heterocycles. The summed E-state index contributed by atoms with van der Waals surface area (Å²) < 4.78 is 7.82. The number of carbonyl (C=O) groups is 1. The van der Waals surface area contributed by atoms with Crippen molar-refractivity contribution in [3.05, 3.63) is 54.5 Å². The number of likely N-dealkylation sites (tertiary alicyclic amines) is 1. The Morgan fingerprint density at radius 1 is 1.13 bits per heavy atom. The lowest BCUT2D eigenvalue weighted by Gasteiger charge is -2.43. The van der Waals surface area contributed by atoms with Crippen LogP contribution >= 0.6 is 0 Å². The second kappa shape index (κ2) is 7.72. The maximum Gasteiger partial charge on any atom is 0.275 e. The van der Waals surface area contributed by atoms with Crippen LogP contribution in [0, 0.1) is 5.41 Å². The van der Waals surface area contributed by atoms with E-state index in [9.17, 15) is 4.79 Å². The van der Waals surface area contributed by atoms with Crippen molar-refractivity contribution < 1.29 is 9.53 Å². The number of aromatic nitrogens is 3. The van der Waals surface area contributed by atoms with Crippen LogP contribution in [-0.2, 0) is 11.8 Å². The first-order valence-corrected chi connectivity index (χ1v) is 10.6. The van der Waals surface area contributed by atoms with Crippen LogP contribution in [0.4, 0.5) is 5.69 Å². The van der Waals surface area contributed by atoms with E-state index in [0.29, 0.717) is 25.5 Å². The molecule has 2 aliphatic rings. The number of fused-ring (bicyclic) bond motifs is 1. The number of hydrogen-bond donors (Lipinski definition) is 0. The van der Waals surface area contributed by atoms with Gasteiger partial charge in [-0.25, -0.2) is 0 Å². The second-order valence-corrected chi connectivity index (χ2v) is 8.50. The third kappa shape index (κ3) is 3.43. The molecule has 7 heteroatoms. The first kappa shape index (κ1) is 19.1. The van der Waals surface area contributed by atoms with Gasteiger partial charge in [0.2, 0.25) is 0 Å². The molecule has 1 spiro atoms. The molecule has 0 bridgehead atoms. The number of aryl methyl sites for hydroxylation is 1. The van der Waals surface area contributed by atoms with Crippen LogP contribution in [0.3, 0.4) is 0 Å². The van der Waals surface area contributed by atoms with Crippen LogP contribution in [0.25, 0.3) is 10.9 Å². The average molecular weight is 406 g/mol. The Labute approximate surface area is 176 Å². The highest BCUT2D eigenvalue weighted by Crippen LogP contribution is 2.35. The summed E-state index contributed by atoms with van der Waals surface area (Å²) in [7, 11) is 1.89.